The third-order valence-corrected chi connectivity index (χ3v) is 3.33. The van der Waals surface area contributed by atoms with Gasteiger partial charge < -0.3 is 10.0 Å². The highest BCUT2D eigenvalue weighted by atomic mass is 19.1. The molecule has 1 aromatic rings. The average molecular weight is 238 g/mol. The molecule has 0 saturated carbocycles. The Morgan fingerprint density at radius 1 is 1.18 bits per heavy atom. The zero-order valence-corrected chi connectivity index (χ0v) is 10.2. The lowest BCUT2D eigenvalue weighted by atomic mass is 10.2. The molecule has 0 spiro atoms. The molecule has 4 heteroatoms. The van der Waals surface area contributed by atoms with Gasteiger partial charge in [0.15, 0.2) is 11.6 Å². The van der Waals surface area contributed by atoms with Crippen LogP contribution in [0.4, 0.5) is 4.39 Å². The molecular weight excluding hydrogens is 219 g/mol. The van der Waals surface area contributed by atoms with Crippen molar-refractivity contribution in [3.8, 4) is 5.75 Å². The topological polar surface area (TPSA) is 26.7 Å². The lowest BCUT2D eigenvalue weighted by molar-refractivity contribution is 0.132. The van der Waals surface area contributed by atoms with Crippen LogP contribution in [-0.4, -0.2) is 47.6 Å². The fraction of sp³-hybridized carbons (Fsp3) is 0.538. The fourth-order valence-corrected chi connectivity index (χ4v) is 2.17. The molecule has 1 N–H and O–H groups in total. The van der Waals surface area contributed by atoms with E-state index < -0.39 is 5.82 Å². The summed E-state index contributed by atoms with van der Waals surface area (Å²) in [6.45, 7) is 8.24. The van der Waals surface area contributed by atoms with Crippen molar-refractivity contribution in [3.05, 3.63) is 29.6 Å². The first-order valence-electron chi connectivity index (χ1n) is 6.11. The van der Waals surface area contributed by atoms with Gasteiger partial charge in [-0.25, -0.2) is 4.39 Å². The summed E-state index contributed by atoms with van der Waals surface area (Å²) in [6, 6.07) is 4.62. The van der Waals surface area contributed by atoms with Gasteiger partial charge in [-0.1, -0.05) is 13.0 Å². The van der Waals surface area contributed by atoms with Gasteiger partial charge in [0, 0.05) is 32.7 Å². The molecular formula is C13H19FN2O. The minimum absolute atomic E-state index is 0.274. The van der Waals surface area contributed by atoms with Crippen LogP contribution in [0.15, 0.2) is 18.2 Å². The number of phenolic OH excluding ortho intramolecular Hbond substituents is 1. The SMILES string of the molecule is CCN1CCN(Cc2ccc(O)c(F)c2)CC1. The zero-order valence-electron chi connectivity index (χ0n) is 10.2. The van der Waals surface area contributed by atoms with Gasteiger partial charge in [-0.15, -0.1) is 0 Å². The van der Waals surface area contributed by atoms with E-state index >= 15 is 0 Å². The molecule has 0 amide bonds. The number of rotatable bonds is 3. The summed E-state index contributed by atoms with van der Waals surface area (Å²) >= 11 is 0. The highest BCUT2D eigenvalue weighted by Crippen LogP contribution is 2.17. The predicted octanol–water partition coefficient (Wildman–Crippen LogP) is 1.67. The van der Waals surface area contributed by atoms with Crippen LogP contribution in [0.3, 0.4) is 0 Å². The molecule has 0 radical (unpaired) electrons. The van der Waals surface area contributed by atoms with Gasteiger partial charge in [0.1, 0.15) is 0 Å². The Hall–Kier alpha value is -1.13. The Balaban J connectivity index is 1.91. The van der Waals surface area contributed by atoms with E-state index in [1.165, 1.54) is 12.1 Å². The van der Waals surface area contributed by atoms with Crippen molar-refractivity contribution in [1.29, 1.82) is 0 Å². The van der Waals surface area contributed by atoms with Crippen LogP contribution in [-0.2, 0) is 6.54 Å². The van der Waals surface area contributed by atoms with E-state index in [1.807, 2.05) is 0 Å². The van der Waals surface area contributed by atoms with E-state index in [0.717, 1.165) is 44.8 Å². The zero-order chi connectivity index (χ0) is 12.3. The third kappa shape index (κ3) is 3.17. The molecule has 3 nitrogen and oxygen atoms in total. The van der Waals surface area contributed by atoms with Gasteiger partial charge in [0.25, 0.3) is 0 Å². The average Bonchev–Trinajstić information content (AvgIpc) is 2.35. The Morgan fingerprint density at radius 3 is 2.41 bits per heavy atom. The number of phenols is 1. The summed E-state index contributed by atoms with van der Waals surface area (Å²) in [4.78, 5) is 4.73. The van der Waals surface area contributed by atoms with Crippen LogP contribution in [0, 0.1) is 5.82 Å². The maximum absolute atomic E-state index is 13.2. The van der Waals surface area contributed by atoms with Crippen molar-refractivity contribution < 1.29 is 9.50 Å². The number of hydrogen-bond donors (Lipinski definition) is 1. The predicted molar refractivity (Wildman–Crippen MR) is 65.5 cm³/mol. The summed E-state index contributed by atoms with van der Waals surface area (Å²) in [5.41, 5.74) is 0.922. The van der Waals surface area contributed by atoms with E-state index in [2.05, 4.69) is 16.7 Å². The number of halogens is 1. The molecule has 94 valence electrons. The van der Waals surface area contributed by atoms with E-state index in [-0.39, 0.29) is 5.75 Å². The standard InChI is InChI=1S/C13H19FN2O/c1-2-15-5-7-16(8-6-15)10-11-3-4-13(17)12(14)9-11/h3-4,9,17H,2,5-8,10H2,1H3. The monoisotopic (exact) mass is 238 g/mol. The summed E-state index contributed by atoms with van der Waals surface area (Å²) in [5, 5.41) is 9.12. The van der Waals surface area contributed by atoms with Crippen LogP contribution in [0.2, 0.25) is 0 Å². The van der Waals surface area contributed by atoms with Gasteiger partial charge in [-0.2, -0.15) is 0 Å². The van der Waals surface area contributed by atoms with Crippen LogP contribution in [0.25, 0.3) is 0 Å². The second kappa shape index (κ2) is 5.47. The van der Waals surface area contributed by atoms with Crippen molar-refractivity contribution in [1.82, 2.24) is 9.80 Å². The molecule has 0 bridgehead atoms. The van der Waals surface area contributed by atoms with Crippen molar-refractivity contribution in [2.45, 2.75) is 13.5 Å². The van der Waals surface area contributed by atoms with Crippen molar-refractivity contribution in [2.75, 3.05) is 32.7 Å². The summed E-state index contributed by atoms with van der Waals surface area (Å²) in [6.07, 6.45) is 0. The largest absolute Gasteiger partial charge is 0.505 e. The van der Waals surface area contributed by atoms with Crippen molar-refractivity contribution in [3.63, 3.8) is 0 Å². The van der Waals surface area contributed by atoms with Crippen molar-refractivity contribution in [2.24, 2.45) is 0 Å². The minimum Gasteiger partial charge on any atom is -0.505 e. The first-order valence-corrected chi connectivity index (χ1v) is 6.11. The molecule has 1 aliphatic heterocycles. The highest BCUT2D eigenvalue weighted by Gasteiger charge is 2.15. The molecule has 0 unspecified atom stereocenters. The molecule has 0 atom stereocenters. The van der Waals surface area contributed by atoms with Gasteiger partial charge >= 0.3 is 0 Å². The second-order valence-corrected chi connectivity index (χ2v) is 4.50. The fourth-order valence-electron chi connectivity index (χ4n) is 2.17. The summed E-state index contributed by atoms with van der Waals surface area (Å²) in [7, 11) is 0. The molecule has 1 heterocycles. The van der Waals surface area contributed by atoms with Crippen molar-refractivity contribution >= 4 is 0 Å². The summed E-state index contributed by atoms with van der Waals surface area (Å²) < 4.78 is 13.2. The smallest absolute Gasteiger partial charge is 0.165 e. The van der Waals surface area contributed by atoms with Crippen LogP contribution in [0.1, 0.15) is 12.5 Å². The number of benzene rings is 1. The number of likely N-dealkylation sites (N-methyl/N-ethyl adjacent to an activating group) is 1. The molecule has 0 aliphatic carbocycles. The number of piperazine rings is 1. The quantitative estimate of drug-likeness (QED) is 0.867. The number of hydrogen-bond acceptors (Lipinski definition) is 3. The molecule has 1 fully saturated rings. The van der Waals surface area contributed by atoms with Gasteiger partial charge in [0.05, 0.1) is 0 Å². The summed E-state index contributed by atoms with van der Waals surface area (Å²) in [5.74, 6) is -0.806. The van der Waals surface area contributed by atoms with E-state index in [1.54, 1.807) is 6.07 Å². The Bertz CT molecular complexity index is 376. The molecule has 17 heavy (non-hydrogen) atoms. The Kier molecular flexibility index (Phi) is 3.97. The molecule has 0 aromatic heterocycles. The van der Waals surface area contributed by atoms with E-state index in [9.17, 15) is 4.39 Å². The van der Waals surface area contributed by atoms with Gasteiger partial charge in [0.2, 0.25) is 0 Å². The number of nitrogens with zero attached hydrogens (tertiary/aromatic N) is 2. The number of aromatic hydroxyl groups is 1. The van der Waals surface area contributed by atoms with Gasteiger partial charge in [-0.05, 0) is 24.2 Å². The third-order valence-electron chi connectivity index (χ3n) is 3.33. The molecule has 2 rings (SSSR count). The minimum atomic E-state index is -0.533. The normalized spacial score (nSPS) is 18.5. The maximum atomic E-state index is 13.2. The Morgan fingerprint density at radius 2 is 1.82 bits per heavy atom. The van der Waals surface area contributed by atoms with Crippen LogP contribution >= 0.6 is 0 Å². The maximum Gasteiger partial charge on any atom is 0.165 e. The van der Waals surface area contributed by atoms with Crippen LogP contribution in [0.5, 0.6) is 5.75 Å². The second-order valence-electron chi connectivity index (χ2n) is 4.50. The lowest BCUT2D eigenvalue weighted by Gasteiger charge is -2.34. The highest BCUT2D eigenvalue weighted by molar-refractivity contribution is 5.27. The Labute approximate surface area is 101 Å². The first kappa shape index (κ1) is 12.3. The molecule has 1 aromatic carbocycles. The lowest BCUT2D eigenvalue weighted by Crippen LogP contribution is -2.45. The first-order chi connectivity index (χ1) is 8.19. The van der Waals surface area contributed by atoms with Gasteiger partial charge in [-0.3, -0.25) is 4.90 Å². The molecule has 1 saturated heterocycles. The van der Waals surface area contributed by atoms with E-state index in [4.69, 9.17) is 5.11 Å². The van der Waals surface area contributed by atoms with Crippen LogP contribution < -0.4 is 0 Å². The van der Waals surface area contributed by atoms with E-state index in [0.29, 0.717) is 0 Å². The molecule has 1 aliphatic rings.